The second-order valence-corrected chi connectivity index (χ2v) is 5.96. The molecule has 0 saturated heterocycles. The Morgan fingerprint density at radius 2 is 2.20 bits per heavy atom. The number of hydrogen-bond donors (Lipinski definition) is 1. The van der Waals surface area contributed by atoms with Gasteiger partial charge in [0, 0.05) is 24.0 Å². The van der Waals surface area contributed by atoms with Gasteiger partial charge in [-0.2, -0.15) is 0 Å². The van der Waals surface area contributed by atoms with E-state index in [1.807, 2.05) is 6.07 Å². The predicted octanol–water partition coefficient (Wildman–Crippen LogP) is 1.35. The van der Waals surface area contributed by atoms with Crippen molar-refractivity contribution in [1.29, 1.82) is 0 Å². The highest BCUT2D eigenvalue weighted by atomic mass is 16.3. The highest BCUT2D eigenvalue weighted by Gasteiger charge is 2.30. The van der Waals surface area contributed by atoms with E-state index in [0.717, 1.165) is 18.4 Å². The SMILES string of the molecule is O=C(Cn1nc(-c2cccnc2)n(C2CC2)c1=O)NCc1ccco1. The first-order chi connectivity index (χ1) is 12.2. The van der Waals surface area contributed by atoms with Crippen molar-refractivity contribution >= 4 is 5.91 Å². The fourth-order valence-corrected chi connectivity index (χ4v) is 2.67. The molecule has 1 amide bonds. The summed E-state index contributed by atoms with van der Waals surface area (Å²) < 4.78 is 8.04. The molecule has 1 N–H and O–H groups in total. The molecular weight excluding hydrogens is 322 g/mol. The van der Waals surface area contributed by atoms with E-state index < -0.39 is 0 Å². The zero-order valence-corrected chi connectivity index (χ0v) is 13.5. The number of rotatable bonds is 6. The molecule has 8 nitrogen and oxygen atoms in total. The van der Waals surface area contributed by atoms with Crippen LogP contribution in [0.4, 0.5) is 0 Å². The third kappa shape index (κ3) is 3.23. The Labute approximate surface area is 143 Å². The molecule has 3 aromatic heterocycles. The summed E-state index contributed by atoms with van der Waals surface area (Å²) in [5.41, 5.74) is 0.496. The van der Waals surface area contributed by atoms with Crippen LogP contribution in [0, 0.1) is 0 Å². The lowest BCUT2D eigenvalue weighted by Crippen LogP contribution is -2.33. The Bertz CT molecular complexity index is 923. The molecule has 0 aromatic carbocycles. The van der Waals surface area contributed by atoms with Crippen LogP contribution >= 0.6 is 0 Å². The maximum Gasteiger partial charge on any atom is 0.346 e. The molecule has 4 rings (SSSR count). The van der Waals surface area contributed by atoms with Gasteiger partial charge < -0.3 is 9.73 Å². The first-order valence-corrected chi connectivity index (χ1v) is 8.11. The molecule has 0 bridgehead atoms. The van der Waals surface area contributed by atoms with Crippen molar-refractivity contribution in [3.63, 3.8) is 0 Å². The Morgan fingerprint density at radius 3 is 2.88 bits per heavy atom. The molecule has 0 spiro atoms. The van der Waals surface area contributed by atoms with Gasteiger partial charge in [0.1, 0.15) is 12.3 Å². The largest absolute Gasteiger partial charge is 0.467 e. The summed E-state index contributed by atoms with van der Waals surface area (Å²) in [5.74, 6) is 0.913. The standard InChI is InChI=1S/C17H17N5O3/c23-15(19-10-14-4-2-8-25-14)11-21-17(24)22(13-5-6-13)16(20-21)12-3-1-7-18-9-12/h1-4,7-9,13H,5-6,10-11H2,(H,19,23). The molecule has 0 radical (unpaired) electrons. The van der Waals surface area contributed by atoms with Crippen molar-refractivity contribution in [2.75, 3.05) is 0 Å². The van der Waals surface area contributed by atoms with Gasteiger partial charge in [0.05, 0.1) is 12.8 Å². The third-order valence-corrected chi connectivity index (χ3v) is 4.04. The number of amides is 1. The van der Waals surface area contributed by atoms with Crippen LogP contribution in [0.3, 0.4) is 0 Å². The van der Waals surface area contributed by atoms with Crippen LogP contribution in [-0.4, -0.2) is 25.2 Å². The first kappa shape index (κ1) is 15.4. The minimum atomic E-state index is -0.295. The van der Waals surface area contributed by atoms with E-state index in [0.29, 0.717) is 11.6 Å². The Balaban J connectivity index is 1.56. The minimum Gasteiger partial charge on any atom is -0.467 e. The normalized spacial score (nSPS) is 13.8. The highest BCUT2D eigenvalue weighted by Crippen LogP contribution is 2.36. The number of carbonyl (C=O) groups is 1. The molecule has 1 aliphatic rings. The molecule has 0 aliphatic heterocycles. The van der Waals surface area contributed by atoms with Crippen molar-refractivity contribution in [2.45, 2.75) is 32.0 Å². The van der Waals surface area contributed by atoms with Crippen molar-refractivity contribution < 1.29 is 9.21 Å². The predicted molar refractivity (Wildman–Crippen MR) is 88.5 cm³/mol. The molecule has 0 unspecified atom stereocenters. The monoisotopic (exact) mass is 339 g/mol. The Morgan fingerprint density at radius 1 is 1.32 bits per heavy atom. The van der Waals surface area contributed by atoms with E-state index >= 15 is 0 Å². The molecule has 0 atom stereocenters. The van der Waals surface area contributed by atoms with E-state index in [-0.39, 0.29) is 30.7 Å². The summed E-state index contributed by atoms with van der Waals surface area (Å²) >= 11 is 0. The minimum absolute atomic E-state index is 0.132. The lowest BCUT2D eigenvalue weighted by atomic mass is 10.3. The summed E-state index contributed by atoms with van der Waals surface area (Å²) in [7, 11) is 0. The summed E-state index contributed by atoms with van der Waals surface area (Å²) in [6.45, 7) is 0.145. The number of nitrogens with one attached hydrogen (secondary N) is 1. The van der Waals surface area contributed by atoms with Gasteiger partial charge in [-0.15, -0.1) is 5.10 Å². The lowest BCUT2D eigenvalue weighted by Gasteiger charge is -2.02. The van der Waals surface area contributed by atoms with Crippen molar-refractivity contribution in [3.8, 4) is 11.4 Å². The molecule has 1 aliphatic carbocycles. The van der Waals surface area contributed by atoms with Gasteiger partial charge in [-0.3, -0.25) is 14.3 Å². The van der Waals surface area contributed by atoms with Gasteiger partial charge in [-0.25, -0.2) is 9.48 Å². The maximum absolute atomic E-state index is 12.7. The average Bonchev–Trinajstić information content (AvgIpc) is 3.22. The molecule has 1 fully saturated rings. The van der Waals surface area contributed by atoms with E-state index in [4.69, 9.17) is 4.42 Å². The lowest BCUT2D eigenvalue weighted by molar-refractivity contribution is -0.122. The zero-order valence-electron chi connectivity index (χ0n) is 13.5. The van der Waals surface area contributed by atoms with Crippen LogP contribution in [0.25, 0.3) is 11.4 Å². The molecule has 1 saturated carbocycles. The topological polar surface area (TPSA) is 95.0 Å². The fourth-order valence-electron chi connectivity index (χ4n) is 2.67. The number of pyridine rings is 1. The highest BCUT2D eigenvalue weighted by molar-refractivity contribution is 5.75. The summed E-state index contributed by atoms with van der Waals surface area (Å²) in [5, 5.41) is 7.09. The summed E-state index contributed by atoms with van der Waals surface area (Å²) in [4.78, 5) is 28.9. The molecule has 8 heteroatoms. The third-order valence-electron chi connectivity index (χ3n) is 4.04. The van der Waals surface area contributed by atoms with E-state index in [9.17, 15) is 9.59 Å². The number of furan rings is 1. The van der Waals surface area contributed by atoms with Crippen molar-refractivity contribution in [2.24, 2.45) is 0 Å². The Hall–Kier alpha value is -3.16. The van der Waals surface area contributed by atoms with E-state index in [1.165, 1.54) is 4.68 Å². The van der Waals surface area contributed by atoms with E-state index in [1.54, 1.807) is 41.4 Å². The maximum atomic E-state index is 12.7. The Kier molecular flexibility index (Phi) is 3.93. The van der Waals surface area contributed by atoms with Crippen LogP contribution in [0.5, 0.6) is 0 Å². The van der Waals surface area contributed by atoms with Crippen molar-refractivity contribution in [3.05, 3.63) is 59.2 Å². The van der Waals surface area contributed by atoms with Crippen LogP contribution < -0.4 is 11.0 Å². The van der Waals surface area contributed by atoms with Gasteiger partial charge in [-0.05, 0) is 37.1 Å². The first-order valence-electron chi connectivity index (χ1n) is 8.11. The van der Waals surface area contributed by atoms with Gasteiger partial charge in [0.15, 0.2) is 5.82 Å². The van der Waals surface area contributed by atoms with Crippen LogP contribution in [-0.2, 0) is 17.9 Å². The second-order valence-electron chi connectivity index (χ2n) is 5.96. The van der Waals surface area contributed by atoms with Crippen molar-refractivity contribution in [1.82, 2.24) is 24.6 Å². The van der Waals surface area contributed by atoms with Crippen LogP contribution in [0.15, 0.2) is 52.1 Å². The average molecular weight is 339 g/mol. The molecule has 25 heavy (non-hydrogen) atoms. The molecule has 3 heterocycles. The summed E-state index contributed by atoms with van der Waals surface area (Å²) in [6.07, 6.45) is 6.78. The second kappa shape index (κ2) is 6.39. The molecule has 128 valence electrons. The quantitative estimate of drug-likeness (QED) is 0.731. The van der Waals surface area contributed by atoms with Crippen LogP contribution in [0.2, 0.25) is 0 Å². The molecular formula is C17H17N5O3. The van der Waals surface area contributed by atoms with Crippen LogP contribution in [0.1, 0.15) is 24.6 Å². The molecule has 3 aromatic rings. The van der Waals surface area contributed by atoms with Gasteiger partial charge in [0.2, 0.25) is 5.91 Å². The summed E-state index contributed by atoms with van der Waals surface area (Å²) in [6, 6.07) is 7.34. The number of carbonyl (C=O) groups excluding carboxylic acids is 1. The van der Waals surface area contributed by atoms with Gasteiger partial charge >= 0.3 is 5.69 Å². The number of aromatic nitrogens is 4. The number of nitrogens with zero attached hydrogens (tertiary/aromatic N) is 4. The zero-order chi connectivity index (χ0) is 17.2. The number of hydrogen-bond acceptors (Lipinski definition) is 5. The van der Waals surface area contributed by atoms with Gasteiger partial charge in [0.25, 0.3) is 0 Å². The van der Waals surface area contributed by atoms with Gasteiger partial charge in [-0.1, -0.05) is 0 Å². The fraction of sp³-hybridized carbons (Fsp3) is 0.294. The van der Waals surface area contributed by atoms with E-state index in [2.05, 4.69) is 15.4 Å². The smallest absolute Gasteiger partial charge is 0.346 e.